The third-order valence-corrected chi connectivity index (χ3v) is 3.66. The van der Waals surface area contributed by atoms with Crippen molar-refractivity contribution in [2.24, 2.45) is 0 Å². The first-order valence-electron chi connectivity index (χ1n) is 7.73. The van der Waals surface area contributed by atoms with Crippen LogP contribution in [0.1, 0.15) is 35.2 Å². The molecule has 118 valence electrons. The summed E-state index contributed by atoms with van der Waals surface area (Å²) < 4.78 is 5.57. The van der Waals surface area contributed by atoms with Gasteiger partial charge in [0.25, 0.3) is 0 Å². The molecule has 0 aliphatic heterocycles. The van der Waals surface area contributed by atoms with Gasteiger partial charge in [0.05, 0.1) is 6.61 Å². The molecule has 0 fully saturated rings. The number of nitrogens with one attached hydrogen (secondary N) is 1. The zero-order chi connectivity index (χ0) is 15.9. The molecule has 0 aromatic heterocycles. The molecule has 0 saturated heterocycles. The Labute approximate surface area is 133 Å². The van der Waals surface area contributed by atoms with Gasteiger partial charge in [-0.25, -0.2) is 0 Å². The van der Waals surface area contributed by atoms with E-state index >= 15 is 0 Å². The van der Waals surface area contributed by atoms with Crippen molar-refractivity contribution < 1.29 is 9.84 Å². The summed E-state index contributed by atoms with van der Waals surface area (Å²) in [5, 5.41) is 12.4. The highest BCUT2D eigenvalue weighted by atomic mass is 16.5. The van der Waals surface area contributed by atoms with E-state index in [1.54, 1.807) is 0 Å². The standard InChI is InChI=1S/C19H25NO2/c1-14-10-15(2)12-18(11-14)16(3)20-13-17-6-4-5-7-19(17)22-9-8-21/h4-7,10-12,16,20-21H,8-9,13H2,1-3H3. The summed E-state index contributed by atoms with van der Waals surface area (Å²) in [5.74, 6) is 0.830. The molecule has 1 atom stereocenters. The lowest BCUT2D eigenvalue weighted by Gasteiger charge is -2.17. The van der Waals surface area contributed by atoms with E-state index in [2.05, 4.69) is 44.3 Å². The third kappa shape index (κ3) is 4.58. The van der Waals surface area contributed by atoms with E-state index in [-0.39, 0.29) is 12.6 Å². The molecule has 22 heavy (non-hydrogen) atoms. The molecule has 2 aromatic rings. The van der Waals surface area contributed by atoms with Crippen LogP contribution in [-0.2, 0) is 6.54 Å². The van der Waals surface area contributed by atoms with Crippen molar-refractivity contribution in [1.82, 2.24) is 5.32 Å². The molecule has 0 aliphatic carbocycles. The van der Waals surface area contributed by atoms with Gasteiger partial charge in [0.1, 0.15) is 12.4 Å². The van der Waals surface area contributed by atoms with Gasteiger partial charge >= 0.3 is 0 Å². The minimum atomic E-state index is 0.0285. The van der Waals surface area contributed by atoms with Gasteiger partial charge in [0, 0.05) is 18.2 Å². The van der Waals surface area contributed by atoms with E-state index < -0.39 is 0 Å². The largest absolute Gasteiger partial charge is 0.491 e. The maximum atomic E-state index is 8.90. The second kappa shape index (κ2) is 7.97. The third-order valence-electron chi connectivity index (χ3n) is 3.66. The number of rotatable bonds is 7. The second-order valence-electron chi connectivity index (χ2n) is 5.70. The highest BCUT2D eigenvalue weighted by Gasteiger charge is 2.08. The van der Waals surface area contributed by atoms with Crippen molar-refractivity contribution >= 4 is 0 Å². The molecular weight excluding hydrogens is 274 g/mol. The van der Waals surface area contributed by atoms with Crippen LogP contribution in [0.25, 0.3) is 0 Å². The summed E-state index contributed by atoms with van der Waals surface area (Å²) in [6.45, 7) is 7.51. The molecule has 0 heterocycles. The lowest BCUT2D eigenvalue weighted by atomic mass is 10.0. The Morgan fingerprint density at radius 1 is 1.09 bits per heavy atom. The molecule has 3 heteroatoms. The summed E-state index contributed by atoms with van der Waals surface area (Å²) >= 11 is 0. The summed E-state index contributed by atoms with van der Waals surface area (Å²) in [6.07, 6.45) is 0. The maximum Gasteiger partial charge on any atom is 0.123 e. The van der Waals surface area contributed by atoms with Crippen molar-refractivity contribution in [3.8, 4) is 5.75 Å². The van der Waals surface area contributed by atoms with Crippen LogP contribution in [0.2, 0.25) is 0 Å². The lowest BCUT2D eigenvalue weighted by Crippen LogP contribution is -2.19. The average molecular weight is 299 g/mol. The smallest absolute Gasteiger partial charge is 0.123 e. The average Bonchev–Trinajstić information content (AvgIpc) is 2.50. The van der Waals surface area contributed by atoms with Gasteiger partial charge in [-0.05, 0) is 32.4 Å². The van der Waals surface area contributed by atoms with E-state index in [4.69, 9.17) is 9.84 Å². The van der Waals surface area contributed by atoms with E-state index in [1.165, 1.54) is 16.7 Å². The minimum absolute atomic E-state index is 0.0285. The number of para-hydroxylation sites is 1. The monoisotopic (exact) mass is 299 g/mol. The van der Waals surface area contributed by atoms with E-state index in [1.807, 2.05) is 24.3 Å². The number of aliphatic hydroxyl groups is 1. The van der Waals surface area contributed by atoms with Crippen LogP contribution in [0.5, 0.6) is 5.75 Å². The topological polar surface area (TPSA) is 41.5 Å². The predicted octanol–water partition coefficient (Wildman–Crippen LogP) is 3.53. The van der Waals surface area contributed by atoms with Crippen LogP contribution in [0.15, 0.2) is 42.5 Å². The first-order chi connectivity index (χ1) is 10.6. The van der Waals surface area contributed by atoms with Crippen LogP contribution in [0.3, 0.4) is 0 Å². The maximum absolute atomic E-state index is 8.90. The molecule has 2 aromatic carbocycles. The Balaban J connectivity index is 2.03. The van der Waals surface area contributed by atoms with Crippen molar-refractivity contribution in [1.29, 1.82) is 0 Å². The molecule has 0 bridgehead atoms. The number of aliphatic hydroxyl groups excluding tert-OH is 1. The zero-order valence-electron chi connectivity index (χ0n) is 13.6. The predicted molar refractivity (Wildman–Crippen MR) is 90.2 cm³/mol. The van der Waals surface area contributed by atoms with Crippen LogP contribution in [0, 0.1) is 13.8 Å². The van der Waals surface area contributed by atoms with E-state index in [0.717, 1.165) is 17.9 Å². The number of hydrogen-bond donors (Lipinski definition) is 2. The van der Waals surface area contributed by atoms with Crippen LogP contribution < -0.4 is 10.1 Å². The van der Waals surface area contributed by atoms with E-state index in [9.17, 15) is 0 Å². The van der Waals surface area contributed by atoms with Gasteiger partial charge in [0.2, 0.25) is 0 Å². The lowest BCUT2D eigenvalue weighted by molar-refractivity contribution is 0.200. The number of benzene rings is 2. The van der Waals surface area contributed by atoms with Gasteiger partial charge in [-0.15, -0.1) is 0 Å². The molecule has 0 saturated carbocycles. The van der Waals surface area contributed by atoms with Crippen molar-refractivity contribution in [2.45, 2.75) is 33.4 Å². The second-order valence-corrected chi connectivity index (χ2v) is 5.70. The van der Waals surface area contributed by atoms with Gasteiger partial charge in [0.15, 0.2) is 0 Å². The van der Waals surface area contributed by atoms with Crippen molar-refractivity contribution in [2.75, 3.05) is 13.2 Å². The molecule has 0 radical (unpaired) electrons. The molecule has 0 amide bonds. The Kier molecular flexibility index (Phi) is 5.99. The van der Waals surface area contributed by atoms with Gasteiger partial charge in [-0.1, -0.05) is 47.5 Å². The summed E-state index contributed by atoms with van der Waals surface area (Å²) in [6, 6.07) is 14.8. The first-order valence-corrected chi connectivity index (χ1v) is 7.73. The quantitative estimate of drug-likeness (QED) is 0.822. The fraction of sp³-hybridized carbons (Fsp3) is 0.368. The molecule has 0 aliphatic rings. The molecule has 0 spiro atoms. The SMILES string of the molecule is Cc1cc(C)cc(C(C)NCc2ccccc2OCCO)c1. The Hall–Kier alpha value is -1.84. The zero-order valence-corrected chi connectivity index (χ0v) is 13.6. The highest BCUT2D eigenvalue weighted by molar-refractivity contribution is 5.34. The van der Waals surface area contributed by atoms with Gasteiger partial charge in [-0.2, -0.15) is 0 Å². The fourth-order valence-electron chi connectivity index (χ4n) is 2.59. The molecule has 1 unspecified atom stereocenters. The molecule has 3 nitrogen and oxygen atoms in total. The van der Waals surface area contributed by atoms with Gasteiger partial charge < -0.3 is 15.2 Å². The highest BCUT2D eigenvalue weighted by Crippen LogP contribution is 2.21. The molecule has 2 N–H and O–H groups in total. The summed E-state index contributed by atoms with van der Waals surface area (Å²) in [4.78, 5) is 0. The number of aryl methyl sites for hydroxylation is 2. The minimum Gasteiger partial charge on any atom is -0.491 e. The first kappa shape index (κ1) is 16.5. The van der Waals surface area contributed by atoms with E-state index in [0.29, 0.717) is 6.61 Å². The molecular formula is C19H25NO2. The summed E-state index contributed by atoms with van der Waals surface area (Å²) in [7, 11) is 0. The number of hydrogen-bond acceptors (Lipinski definition) is 3. The Bertz CT molecular complexity index is 590. The summed E-state index contributed by atoms with van der Waals surface area (Å²) in [5.41, 5.74) is 4.98. The van der Waals surface area contributed by atoms with Crippen molar-refractivity contribution in [3.05, 3.63) is 64.7 Å². The van der Waals surface area contributed by atoms with Crippen LogP contribution in [0.4, 0.5) is 0 Å². The number of ether oxygens (including phenoxy) is 1. The normalized spacial score (nSPS) is 12.2. The van der Waals surface area contributed by atoms with Crippen LogP contribution in [-0.4, -0.2) is 18.3 Å². The van der Waals surface area contributed by atoms with Crippen LogP contribution >= 0.6 is 0 Å². The molecule has 2 rings (SSSR count). The van der Waals surface area contributed by atoms with Gasteiger partial charge in [-0.3, -0.25) is 0 Å². The Morgan fingerprint density at radius 2 is 1.77 bits per heavy atom. The van der Waals surface area contributed by atoms with Crippen molar-refractivity contribution in [3.63, 3.8) is 0 Å². The fourth-order valence-corrected chi connectivity index (χ4v) is 2.59. The Morgan fingerprint density at radius 3 is 2.45 bits per heavy atom.